The number of carboxylic acid groups (broad SMARTS) is 1. The average Bonchev–Trinajstić information content (AvgIpc) is 2.23. The van der Waals surface area contributed by atoms with Crippen molar-refractivity contribution in [2.45, 2.75) is 45.6 Å². The minimum atomic E-state index is -3.57. The molecule has 17 heavy (non-hydrogen) atoms. The fourth-order valence-electron chi connectivity index (χ4n) is 1.28. The topological polar surface area (TPSA) is 86.7 Å². The van der Waals surface area contributed by atoms with Crippen LogP contribution in [0.3, 0.4) is 0 Å². The predicted molar refractivity (Wildman–Crippen MR) is 65.9 cm³/mol. The van der Waals surface area contributed by atoms with Crippen LogP contribution < -0.4 is 4.72 Å². The number of carboxylic acids is 1. The van der Waals surface area contributed by atoms with Gasteiger partial charge in [0, 0.05) is 19.6 Å². The number of carbonyl (C=O) groups is 1. The van der Waals surface area contributed by atoms with Crippen molar-refractivity contribution in [3.63, 3.8) is 0 Å². The second kappa shape index (κ2) is 7.62. The maximum absolute atomic E-state index is 11.8. The van der Waals surface area contributed by atoms with Gasteiger partial charge in [-0.2, -0.15) is 17.4 Å². The zero-order valence-corrected chi connectivity index (χ0v) is 11.5. The summed E-state index contributed by atoms with van der Waals surface area (Å²) in [6.45, 7) is 4.17. The molecule has 0 aromatic rings. The van der Waals surface area contributed by atoms with Gasteiger partial charge in [0.05, 0.1) is 6.42 Å². The number of nitrogens with zero attached hydrogens (tertiary/aromatic N) is 1. The first-order chi connectivity index (χ1) is 7.83. The van der Waals surface area contributed by atoms with E-state index in [1.807, 2.05) is 6.92 Å². The van der Waals surface area contributed by atoms with Crippen LogP contribution in [-0.2, 0) is 15.0 Å². The number of aliphatic carboxylic acids is 1. The Balaban J connectivity index is 4.44. The molecule has 0 rings (SSSR count). The van der Waals surface area contributed by atoms with Gasteiger partial charge in [-0.15, -0.1) is 0 Å². The molecule has 0 spiro atoms. The molecule has 0 aliphatic rings. The Hall–Kier alpha value is -0.660. The first kappa shape index (κ1) is 16.3. The lowest BCUT2D eigenvalue weighted by Crippen LogP contribution is -2.44. The Bertz CT molecular complexity index is 329. The fraction of sp³-hybridized carbons (Fsp3) is 0.900. The summed E-state index contributed by atoms with van der Waals surface area (Å²) in [4.78, 5) is 10.5. The SMILES string of the molecule is CCCCN(C)S(=O)(=O)NC(CC)CC(=O)O. The lowest BCUT2D eigenvalue weighted by molar-refractivity contribution is -0.137. The van der Waals surface area contributed by atoms with Crippen LogP contribution in [0.1, 0.15) is 39.5 Å². The minimum Gasteiger partial charge on any atom is -0.481 e. The maximum Gasteiger partial charge on any atom is 0.304 e. The summed E-state index contributed by atoms with van der Waals surface area (Å²) in [7, 11) is -2.08. The highest BCUT2D eigenvalue weighted by Crippen LogP contribution is 2.04. The summed E-state index contributed by atoms with van der Waals surface area (Å²) in [6.07, 6.45) is 1.95. The molecule has 7 heteroatoms. The molecule has 0 heterocycles. The van der Waals surface area contributed by atoms with Gasteiger partial charge in [0.2, 0.25) is 0 Å². The van der Waals surface area contributed by atoms with Crippen LogP contribution in [-0.4, -0.2) is 43.4 Å². The van der Waals surface area contributed by atoms with Gasteiger partial charge in [-0.1, -0.05) is 20.3 Å². The van der Waals surface area contributed by atoms with Gasteiger partial charge < -0.3 is 5.11 Å². The van der Waals surface area contributed by atoms with E-state index in [0.717, 1.165) is 12.8 Å². The van der Waals surface area contributed by atoms with E-state index in [1.54, 1.807) is 6.92 Å². The Kier molecular flexibility index (Phi) is 7.33. The first-order valence-electron chi connectivity index (χ1n) is 5.78. The van der Waals surface area contributed by atoms with Crippen molar-refractivity contribution in [1.29, 1.82) is 0 Å². The zero-order chi connectivity index (χ0) is 13.5. The van der Waals surface area contributed by atoms with E-state index in [-0.39, 0.29) is 6.42 Å². The van der Waals surface area contributed by atoms with Crippen molar-refractivity contribution in [3.8, 4) is 0 Å². The Morgan fingerprint density at radius 3 is 2.41 bits per heavy atom. The van der Waals surface area contributed by atoms with E-state index in [1.165, 1.54) is 11.4 Å². The summed E-state index contributed by atoms with van der Waals surface area (Å²) in [5.74, 6) is -1.00. The molecule has 1 atom stereocenters. The summed E-state index contributed by atoms with van der Waals surface area (Å²) < 4.78 is 27.2. The summed E-state index contributed by atoms with van der Waals surface area (Å²) >= 11 is 0. The van der Waals surface area contributed by atoms with Crippen LogP contribution in [0.5, 0.6) is 0 Å². The molecule has 102 valence electrons. The van der Waals surface area contributed by atoms with Crippen LogP contribution in [0, 0.1) is 0 Å². The monoisotopic (exact) mass is 266 g/mol. The minimum absolute atomic E-state index is 0.197. The Labute approximate surface area is 103 Å². The molecular formula is C10H22N2O4S. The standard InChI is InChI=1S/C10H22N2O4S/c1-4-6-7-12(3)17(15,16)11-9(5-2)8-10(13)14/h9,11H,4-8H2,1-3H3,(H,13,14). The number of nitrogens with one attached hydrogen (secondary N) is 1. The van der Waals surface area contributed by atoms with E-state index < -0.39 is 22.2 Å². The normalized spacial score (nSPS) is 13.9. The van der Waals surface area contributed by atoms with Gasteiger partial charge in [-0.3, -0.25) is 4.79 Å². The molecule has 1 unspecified atom stereocenters. The van der Waals surface area contributed by atoms with E-state index in [0.29, 0.717) is 13.0 Å². The molecule has 0 saturated heterocycles. The van der Waals surface area contributed by atoms with Crippen LogP contribution in [0.25, 0.3) is 0 Å². The van der Waals surface area contributed by atoms with E-state index in [2.05, 4.69) is 4.72 Å². The highest BCUT2D eigenvalue weighted by atomic mass is 32.2. The van der Waals surface area contributed by atoms with Crippen molar-refractivity contribution < 1.29 is 18.3 Å². The number of unbranched alkanes of at least 4 members (excludes halogenated alkanes) is 1. The summed E-state index contributed by atoms with van der Waals surface area (Å²) in [6, 6.07) is -0.554. The number of hydrogen-bond acceptors (Lipinski definition) is 3. The van der Waals surface area contributed by atoms with E-state index in [9.17, 15) is 13.2 Å². The van der Waals surface area contributed by atoms with Gasteiger partial charge in [-0.05, 0) is 12.8 Å². The third kappa shape index (κ3) is 6.60. The number of rotatable bonds is 9. The third-order valence-corrected chi connectivity index (χ3v) is 4.10. The van der Waals surface area contributed by atoms with Crippen LogP contribution in [0.4, 0.5) is 0 Å². The van der Waals surface area contributed by atoms with Crippen LogP contribution >= 0.6 is 0 Å². The summed E-state index contributed by atoms with van der Waals surface area (Å²) in [5, 5.41) is 8.64. The number of hydrogen-bond donors (Lipinski definition) is 2. The molecule has 0 amide bonds. The molecule has 2 N–H and O–H groups in total. The van der Waals surface area contributed by atoms with E-state index >= 15 is 0 Å². The molecule has 0 aliphatic carbocycles. The van der Waals surface area contributed by atoms with Gasteiger partial charge >= 0.3 is 5.97 Å². The van der Waals surface area contributed by atoms with Crippen molar-refractivity contribution in [3.05, 3.63) is 0 Å². The molecule has 0 radical (unpaired) electrons. The zero-order valence-electron chi connectivity index (χ0n) is 10.6. The molecule has 0 aromatic heterocycles. The maximum atomic E-state index is 11.8. The highest BCUT2D eigenvalue weighted by molar-refractivity contribution is 7.87. The molecule has 6 nitrogen and oxygen atoms in total. The van der Waals surface area contributed by atoms with Crippen LogP contribution in [0.15, 0.2) is 0 Å². The molecule has 0 bridgehead atoms. The molecule has 0 fully saturated rings. The third-order valence-electron chi connectivity index (χ3n) is 2.47. The molecule has 0 aliphatic heterocycles. The molecule has 0 aromatic carbocycles. The Morgan fingerprint density at radius 2 is 2.00 bits per heavy atom. The van der Waals surface area contributed by atoms with Crippen molar-refractivity contribution in [1.82, 2.24) is 9.03 Å². The lowest BCUT2D eigenvalue weighted by atomic mass is 10.2. The first-order valence-corrected chi connectivity index (χ1v) is 7.22. The Morgan fingerprint density at radius 1 is 1.41 bits per heavy atom. The van der Waals surface area contributed by atoms with Crippen molar-refractivity contribution >= 4 is 16.2 Å². The fourth-order valence-corrected chi connectivity index (χ4v) is 2.50. The molecular weight excluding hydrogens is 244 g/mol. The van der Waals surface area contributed by atoms with Gasteiger partial charge in [-0.25, -0.2) is 0 Å². The van der Waals surface area contributed by atoms with Gasteiger partial charge in [0.15, 0.2) is 0 Å². The summed E-state index contributed by atoms with van der Waals surface area (Å²) in [5.41, 5.74) is 0. The van der Waals surface area contributed by atoms with Crippen molar-refractivity contribution in [2.24, 2.45) is 0 Å². The quantitative estimate of drug-likeness (QED) is 0.646. The highest BCUT2D eigenvalue weighted by Gasteiger charge is 2.22. The van der Waals surface area contributed by atoms with Gasteiger partial charge in [0.25, 0.3) is 10.2 Å². The largest absolute Gasteiger partial charge is 0.481 e. The van der Waals surface area contributed by atoms with Gasteiger partial charge in [0.1, 0.15) is 0 Å². The second-order valence-corrected chi connectivity index (χ2v) is 5.81. The van der Waals surface area contributed by atoms with E-state index in [4.69, 9.17) is 5.11 Å². The lowest BCUT2D eigenvalue weighted by Gasteiger charge is -2.21. The predicted octanol–water partition coefficient (Wildman–Crippen LogP) is 0.806. The second-order valence-electron chi connectivity index (χ2n) is 4.00. The average molecular weight is 266 g/mol. The smallest absolute Gasteiger partial charge is 0.304 e. The molecule has 0 saturated carbocycles. The van der Waals surface area contributed by atoms with Crippen LogP contribution in [0.2, 0.25) is 0 Å². The van der Waals surface area contributed by atoms with Crippen molar-refractivity contribution in [2.75, 3.05) is 13.6 Å².